The lowest BCUT2D eigenvalue weighted by molar-refractivity contribution is -0.683. The average Bonchev–Trinajstić information content (AvgIpc) is 0.824. The number of aromatic nitrogens is 7. The Morgan fingerprint density at radius 1 is 0.258 bits per heavy atom. The minimum atomic E-state index is -2.03. The zero-order valence-electron chi connectivity index (χ0n) is 72.9. The Balaban J connectivity index is 0.000000573. The van der Waals surface area contributed by atoms with E-state index in [-0.39, 0.29) is 37.9 Å². The molecule has 0 amide bonds. The van der Waals surface area contributed by atoms with Crippen LogP contribution in [0.5, 0.6) is 0 Å². The number of aryl methyl sites for hydroxylation is 16. The van der Waals surface area contributed by atoms with Crippen LogP contribution in [0, 0.1) is 82.9 Å². The maximum Gasteiger partial charge on any atom is 0.189 e. The molecule has 0 saturated carbocycles. The fourth-order valence-electron chi connectivity index (χ4n) is 12.4. The fourth-order valence-corrected chi connectivity index (χ4v) is 12.4. The van der Waals surface area contributed by atoms with Gasteiger partial charge in [-0.15, -0.1) is 0 Å². The van der Waals surface area contributed by atoms with Crippen molar-refractivity contribution in [1.82, 2.24) is 0 Å². The van der Waals surface area contributed by atoms with Crippen molar-refractivity contribution in [1.29, 1.82) is 0 Å². The Morgan fingerprint density at radius 3 is 1.08 bits per heavy atom. The molecule has 7 aromatic rings. The number of hydrogen-bond donors (Lipinski definition) is 0. The van der Waals surface area contributed by atoms with Crippen molar-refractivity contribution >= 4 is 0 Å². The fraction of sp³-hybridized carbons (Fsp3) is 0.573. The van der Waals surface area contributed by atoms with Crippen molar-refractivity contribution in [2.45, 2.75) is 266 Å². The number of rotatable bonds is 0. The van der Waals surface area contributed by atoms with Gasteiger partial charge in [-0.25, -0.2) is 32.0 Å². The molecule has 0 saturated heterocycles. The van der Waals surface area contributed by atoms with E-state index in [9.17, 15) is 0 Å². The summed E-state index contributed by atoms with van der Waals surface area (Å²) in [5.74, 6) is 0. The molecule has 0 aliphatic carbocycles. The Bertz CT molecular complexity index is 3720. The van der Waals surface area contributed by atoms with Crippen LogP contribution in [0.15, 0.2) is 98.0 Å². The van der Waals surface area contributed by atoms with Gasteiger partial charge in [-0.2, -0.15) is 0 Å². The lowest BCUT2D eigenvalue weighted by Crippen LogP contribution is -2.41. The summed E-state index contributed by atoms with van der Waals surface area (Å²) in [6.07, 6.45) is 13.7. The van der Waals surface area contributed by atoms with Crippen LogP contribution in [-0.4, -0.2) is 0 Å². The van der Waals surface area contributed by atoms with E-state index < -0.39 is 20.6 Å². The molecule has 0 spiro atoms. The van der Waals surface area contributed by atoms with Gasteiger partial charge in [0.15, 0.2) is 83.2 Å². The maximum absolute atomic E-state index is 7.46. The van der Waals surface area contributed by atoms with Crippen molar-refractivity contribution in [3.05, 3.63) is 205 Å². The van der Waals surface area contributed by atoms with Crippen LogP contribution >= 0.6 is 0 Å². The molecule has 0 fully saturated rings. The van der Waals surface area contributed by atoms with Crippen LogP contribution in [0.2, 0.25) is 0 Å². The molecule has 0 aromatic carbocycles. The predicted octanol–water partition coefficient (Wildman–Crippen LogP) is 16.4. The average molecular weight is 1230 g/mol. The topological polar surface area (TPSA) is 27.2 Å². The molecular weight excluding hydrogens is 1080 g/mol. The monoisotopic (exact) mass is 1230 g/mol. The van der Waals surface area contributed by atoms with E-state index in [0.717, 1.165) is 22.5 Å². The first-order chi connectivity index (χ1) is 43.6. The van der Waals surface area contributed by atoms with Crippen molar-refractivity contribution in [3.63, 3.8) is 0 Å². The van der Waals surface area contributed by atoms with Crippen LogP contribution < -0.4 is 32.0 Å². The summed E-state index contributed by atoms with van der Waals surface area (Å²) in [5, 5.41) is 0. The predicted molar refractivity (Wildman–Crippen MR) is 381 cm³/mol. The normalized spacial score (nSPS) is 13.7. The molecule has 0 N–H and O–H groups in total. The van der Waals surface area contributed by atoms with Crippen LogP contribution in [0.1, 0.15) is 264 Å². The van der Waals surface area contributed by atoms with E-state index in [1.54, 1.807) is 30.7 Å². The highest BCUT2D eigenvalue weighted by molar-refractivity contribution is 5.34. The van der Waals surface area contributed by atoms with Gasteiger partial charge in [0.2, 0.25) is 0 Å². The van der Waals surface area contributed by atoms with Crippen LogP contribution in [-0.2, 0) is 87.2 Å². The van der Waals surface area contributed by atoms with E-state index in [4.69, 9.17) is 12.3 Å². The van der Waals surface area contributed by atoms with E-state index in [1.807, 2.05) is 60.8 Å². The molecule has 7 rings (SSSR count). The summed E-state index contributed by atoms with van der Waals surface area (Å²) < 4.78 is 81.2. The molecule has 7 heteroatoms. The molecule has 7 heterocycles. The zero-order chi connectivity index (χ0) is 77.3. The van der Waals surface area contributed by atoms with Crippen LogP contribution in [0.3, 0.4) is 0 Å². The molecule has 0 bridgehead atoms. The first-order valence-corrected chi connectivity index (χ1v) is 32.0. The summed E-state index contributed by atoms with van der Waals surface area (Å²) in [7, 11) is 14.1. The molecule has 492 valence electrons. The molecular formula is C82H136N7+7. The Morgan fingerprint density at radius 2 is 0.674 bits per heavy atom. The highest BCUT2D eigenvalue weighted by Crippen LogP contribution is 2.27. The third-order valence-electron chi connectivity index (χ3n) is 16.0. The molecule has 0 radical (unpaired) electrons. The quantitative estimate of drug-likeness (QED) is 0.135. The van der Waals surface area contributed by atoms with Crippen LogP contribution in [0.4, 0.5) is 0 Å². The van der Waals surface area contributed by atoms with Gasteiger partial charge < -0.3 is 0 Å². The lowest BCUT2D eigenvalue weighted by Gasteiger charge is -2.19. The van der Waals surface area contributed by atoms with E-state index in [2.05, 4.69) is 295 Å². The highest BCUT2D eigenvalue weighted by Gasteiger charge is 2.31. The van der Waals surface area contributed by atoms with Crippen molar-refractivity contribution in [3.8, 4) is 0 Å². The Labute approximate surface area is 562 Å². The Kier molecular flexibility index (Phi) is 23.6. The van der Waals surface area contributed by atoms with Gasteiger partial charge >= 0.3 is 0 Å². The van der Waals surface area contributed by atoms with Crippen molar-refractivity contribution in [2.75, 3.05) is 0 Å². The molecule has 89 heavy (non-hydrogen) atoms. The van der Waals surface area contributed by atoms with Gasteiger partial charge in [0.1, 0.15) is 49.3 Å². The lowest BCUT2D eigenvalue weighted by atomic mass is 9.86. The van der Waals surface area contributed by atoms with Crippen LogP contribution in [0.25, 0.3) is 0 Å². The first-order valence-electron chi connectivity index (χ1n) is 36.5. The minimum absolute atomic E-state index is 0.0199. The maximum atomic E-state index is 7.46. The number of nitrogens with zero attached hydrogens (tertiary/aromatic N) is 7. The Hall–Kier alpha value is -5.95. The smallest absolute Gasteiger partial charge is 0.189 e. The summed E-state index contributed by atoms with van der Waals surface area (Å²) in [5.41, 5.74) is 22.9. The SMILES string of the molecule is Cc1c[n+](C)c(C(C)(C)C)c(C)c1C.Cc1cc[n+](C)c(C(C)(C)C)c1.Cc1cc[n+](C)c(C(C)(C)C)c1C.Cc1ccc[n+](C)c1C(C)(C)C.[2H]C([2H])([2H])c1c[n+](C)c(C(C)(C)C)cc1C.[2H]C([2H])([2H])c1cc(C)c(C(C)(C)C)[n+](C)c1.[2H]C([2H])([2H])c1ccc(C(C)(C)C)[n+](C)c1. The zero-order valence-corrected chi connectivity index (χ0v) is 63.9. The molecule has 7 nitrogen and oxygen atoms in total. The van der Waals surface area contributed by atoms with Gasteiger partial charge in [0.05, 0.1) is 0 Å². The second-order valence-electron chi connectivity index (χ2n) is 32.4. The summed E-state index contributed by atoms with van der Waals surface area (Å²) in [6.45, 7) is 59.1. The summed E-state index contributed by atoms with van der Waals surface area (Å²) in [6, 6.07) is 18.1. The second-order valence-corrected chi connectivity index (χ2v) is 32.4. The standard InChI is InChI=1S/C13H22N.3C12H20N.3C11H18N/c1-9-8-14(7)12(13(4,5)6)11(3)10(9)2;1-9-7-11(12(3,4)5)13(6)8-10(9)2;1-9-7-10(2)11(12(3,4)5)13(6)8-9;1-9-7-8-13(6)11(10(9)2)12(3,4)5;1-9-6-7-12(5)10(8-9)11(2,3)4;1-9-6-7-10(11(2,3)4)12(5)8-9;1-9-7-6-8-12(5)10(9)11(2,3)4/h8H,1-7H3;3*7-8H,1-6H3;3*6-8H,1-5H3/q7*+1/i;2D3;1D3;;;1D3;. The van der Waals surface area contributed by atoms with Gasteiger partial charge in [-0.05, 0) is 123 Å². The summed E-state index contributed by atoms with van der Waals surface area (Å²) in [4.78, 5) is 0. The number of hydrogen-bond acceptors (Lipinski definition) is 0. The third kappa shape index (κ3) is 25.0. The molecule has 0 aliphatic rings. The van der Waals surface area contributed by atoms with Gasteiger partial charge in [0, 0.05) is 131 Å². The third-order valence-corrected chi connectivity index (χ3v) is 16.0. The van der Waals surface area contributed by atoms with E-state index >= 15 is 0 Å². The van der Waals surface area contributed by atoms with E-state index in [0.29, 0.717) is 16.7 Å². The number of pyridine rings is 7. The molecule has 0 unspecified atom stereocenters. The molecule has 7 aromatic heterocycles. The van der Waals surface area contributed by atoms with Gasteiger partial charge in [-0.1, -0.05) is 145 Å². The van der Waals surface area contributed by atoms with Gasteiger partial charge in [0.25, 0.3) is 0 Å². The molecule has 0 aliphatic heterocycles. The molecule has 0 atom stereocenters. The van der Waals surface area contributed by atoms with Gasteiger partial charge in [-0.3, -0.25) is 0 Å². The largest absolute Gasteiger partial charge is 0.205 e. The second kappa shape index (κ2) is 31.9. The highest BCUT2D eigenvalue weighted by atomic mass is 15.0. The minimum Gasteiger partial charge on any atom is -0.205 e. The first kappa shape index (κ1) is 66.0. The summed E-state index contributed by atoms with van der Waals surface area (Å²) >= 11 is 0. The van der Waals surface area contributed by atoms with Crippen molar-refractivity contribution in [2.24, 2.45) is 49.3 Å². The van der Waals surface area contributed by atoms with E-state index in [1.165, 1.54) is 67.4 Å². The van der Waals surface area contributed by atoms with Crippen molar-refractivity contribution < 1.29 is 44.3 Å².